The van der Waals surface area contributed by atoms with Gasteiger partial charge in [-0.3, -0.25) is 19.6 Å². The normalized spacial score (nSPS) is 22.0. The zero-order valence-electron chi connectivity index (χ0n) is 13.8. The van der Waals surface area contributed by atoms with Gasteiger partial charge in [-0.05, 0) is 56.0 Å². The van der Waals surface area contributed by atoms with Crippen LogP contribution in [0.5, 0.6) is 0 Å². The first-order chi connectivity index (χ1) is 12.2. The number of nitrogens with one attached hydrogen (secondary N) is 2. The molecule has 4 rings (SSSR count). The minimum Gasteiger partial charge on any atom is -0.317 e. The fraction of sp³-hybridized carbons (Fsp3) is 0.444. The summed E-state index contributed by atoms with van der Waals surface area (Å²) >= 11 is 0. The smallest absolute Gasteiger partial charge is 0.251 e. The molecular weight excluding hydrogens is 318 g/mol. The number of carbonyl (C=O) groups is 2. The van der Waals surface area contributed by atoms with Crippen LogP contribution in [-0.4, -0.2) is 34.7 Å². The van der Waals surface area contributed by atoms with Crippen LogP contribution in [0.2, 0.25) is 0 Å². The SMILES string of the molecule is N#Cc1nn(C2CCC(=O)NC2=O)c2ccc(C3CCNCC3)cc12. The van der Waals surface area contributed by atoms with Gasteiger partial charge in [0, 0.05) is 11.8 Å². The third-order valence-corrected chi connectivity index (χ3v) is 5.15. The molecule has 128 valence electrons. The number of imide groups is 1. The van der Waals surface area contributed by atoms with Crippen molar-refractivity contribution in [1.29, 1.82) is 5.26 Å². The third kappa shape index (κ3) is 2.79. The van der Waals surface area contributed by atoms with E-state index in [0.29, 0.717) is 18.0 Å². The second kappa shape index (κ2) is 6.30. The fourth-order valence-electron chi connectivity index (χ4n) is 3.80. The van der Waals surface area contributed by atoms with E-state index < -0.39 is 6.04 Å². The summed E-state index contributed by atoms with van der Waals surface area (Å²) < 4.78 is 1.60. The Balaban J connectivity index is 1.75. The number of carbonyl (C=O) groups excluding carboxylic acids is 2. The van der Waals surface area contributed by atoms with Crippen LogP contribution >= 0.6 is 0 Å². The van der Waals surface area contributed by atoms with Crippen LogP contribution in [-0.2, 0) is 9.59 Å². The van der Waals surface area contributed by atoms with E-state index in [1.165, 1.54) is 5.56 Å². The predicted molar refractivity (Wildman–Crippen MR) is 90.7 cm³/mol. The number of amides is 2. The van der Waals surface area contributed by atoms with E-state index in [0.717, 1.165) is 36.8 Å². The van der Waals surface area contributed by atoms with Gasteiger partial charge < -0.3 is 5.32 Å². The summed E-state index contributed by atoms with van der Waals surface area (Å²) in [6.45, 7) is 2.01. The number of benzene rings is 1. The van der Waals surface area contributed by atoms with E-state index in [4.69, 9.17) is 0 Å². The van der Waals surface area contributed by atoms with Gasteiger partial charge in [-0.15, -0.1) is 0 Å². The maximum absolute atomic E-state index is 12.2. The monoisotopic (exact) mass is 337 g/mol. The van der Waals surface area contributed by atoms with Gasteiger partial charge in [0.15, 0.2) is 5.69 Å². The zero-order valence-corrected chi connectivity index (χ0v) is 13.8. The molecule has 0 aliphatic carbocycles. The van der Waals surface area contributed by atoms with Crippen molar-refractivity contribution in [2.24, 2.45) is 0 Å². The average Bonchev–Trinajstić information content (AvgIpc) is 3.00. The lowest BCUT2D eigenvalue weighted by molar-refractivity contribution is -0.135. The Bertz CT molecular complexity index is 889. The van der Waals surface area contributed by atoms with Gasteiger partial charge in [-0.1, -0.05) is 6.07 Å². The summed E-state index contributed by atoms with van der Waals surface area (Å²) in [4.78, 5) is 23.6. The molecule has 1 aromatic carbocycles. The Kier molecular flexibility index (Phi) is 3.98. The molecule has 7 nitrogen and oxygen atoms in total. The van der Waals surface area contributed by atoms with Crippen molar-refractivity contribution in [3.8, 4) is 6.07 Å². The van der Waals surface area contributed by atoms with Crippen molar-refractivity contribution >= 4 is 22.7 Å². The lowest BCUT2D eigenvalue weighted by Crippen LogP contribution is -2.42. The number of rotatable bonds is 2. The zero-order chi connectivity index (χ0) is 17.4. The van der Waals surface area contributed by atoms with Crippen LogP contribution in [0.4, 0.5) is 0 Å². The van der Waals surface area contributed by atoms with Gasteiger partial charge in [0.1, 0.15) is 12.1 Å². The van der Waals surface area contributed by atoms with Crippen LogP contribution in [0.3, 0.4) is 0 Å². The second-order valence-corrected chi connectivity index (χ2v) is 6.67. The maximum atomic E-state index is 12.2. The molecule has 2 fully saturated rings. The highest BCUT2D eigenvalue weighted by atomic mass is 16.2. The number of hydrogen-bond acceptors (Lipinski definition) is 5. The van der Waals surface area contributed by atoms with E-state index in [1.54, 1.807) is 4.68 Å². The van der Waals surface area contributed by atoms with Gasteiger partial charge in [-0.25, -0.2) is 0 Å². The summed E-state index contributed by atoms with van der Waals surface area (Å²) in [5.41, 5.74) is 2.31. The molecule has 25 heavy (non-hydrogen) atoms. The Morgan fingerprint density at radius 1 is 1.20 bits per heavy atom. The molecule has 2 amide bonds. The highest BCUT2D eigenvalue weighted by Gasteiger charge is 2.30. The maximum Gasteiger partial charge on any atom is 0.251 e. The number of nitriles is 1. The second-order valence-electron chi connectivity index (χ2n) is 6.67. The fourth-order valence-corrected chi connectivity index (χ4v) is 3.80. The van der Waals surface area contributed by atoms with Crippen LogP contribution in [0.1, 0.15) is 48.9 Å². The number of hydrogen-bond donors (Lipinski definition) is 2. The quantitative estimate of drug-likeness (QED) is 0.806. The van der Waals surface area contributed by atoms with Crippen molar-refractivity contribution in [1.82, 2.24) is 20.4 Å². The topological polar surface area (TPSA) is 99.8 Å². The first kappa shape index (κ1) is 15.8. The number of aromatic nitrogens is 2. The molecule has 1 atom stereocenters. The largest absolute Gasteiger partial charge is 0.317 e. The van der Waals surface area contributed by atoms with E-state index in [2.05, 4.69) is 27.9 Å². The van der Waals surface area contributed by atoms with E-state index >= 15 is 0 Å². The van der Waals surface area contributed by atoms with E-state index in [9.17, 15) is 14.9 Å². The molecular formula is C18H19N5O2. The minimum absolute atomic E-state index is 0.258. The van der Waals surface area contributed by atoms with Crippen molar-refractivity contribution < 1.29 is 9.59 Å². The lowest BCUT2D eigenvalue weighted by atomic mass is 9.89. The summed E-state index contributed by atoms with van der Waals surface area (Å²) in [5, 5.41) is 20.3. The Hall–Kier alpha value is -2.72. The molecule has 7 heteroatoms. The van der Waals surface area contributed by atoms with Crippen molar-refractivity contribution in [2.45, 2.75) is 37.6 Å². The lowest BCUT2D eigenvalue weighted by Gasteiger charge is -2.23. The first-order valence-electron chi connectivity index (χ1n) is 8.64. The molecule has 2 aromatic rings. The molecule has 2 N–H and O–H groups in total. The standard InChI is InChI=1S/C18H19N5O2/c19-10-14-13-9-12(11-5-7-20-8-6-11)1-2-15(13)23(22-14)16-3-4-17(24)21-18(16)25/h1-2,9,11,16,20H,3-8H2,(H,21,24,25). The summed E-state index contributed by atoms with van der Waals surface area (Å²) in [6.07, 6.45) is 2.85. The average molecular weight is 337 g/mol. The van der Waals surface area contributed by atoms with Gasteiger partial charge in [0.2, 0.25) is 5.91 Å². The molecule has 2 aliphatic rings. The molecule has 0 saturated carbocycles. The van der Waals surface area contributed by atoms with Gasteiger partial charge in [0.05, 0.1) is 5.52 Å². The molecule has 0 radical (unpaired) electrons. The highest BCUT2D eigenvalue weighted by molar-refractivity contribution is 6.00. The Morgan fingerprint density at radius 3 is 2.72 bits per heavy atom. The van der Waals surface area contributed by atoms with Crippen molar-refractivity contribution in [3.63, 3.8) is 0 Å². The molecule has 2 aliphatic heterocycles. The van der Waals surface area contributed by atoms with E-state index in [1.807, 2.05) is 12.1 Å². The first-order valence-corrected chi connectivity index (χ1v) is 8.64. The summed E-state index contributed by atoms with van der Waals surface area (Å²) in [7, 11) is 0. The van der Waals surface area contributed by atoms with Gasteiger partial charge in [0.25, 0.3) is 5.91 Å². The minimum atomic E-state index is -0.549. The summed E-state index contributed by atoms with van der Waals surface area (Å²) in [6, 6.07) is 7.65. The molecule has 3 heterocycles. The van der Waals surface area contributed by atoms with Crippen molar-refractivity contribution in [3.05, 3.63) is 29.5 Å². The van der Waals surface area contributed by atoms with E-state index in [-0.39, 0.29) is 18.2 Å². The van der Waals surface area contributed by atoms with Gasteiger partial charge in [-0.2, -0.15) is 10.4 Å². The summed E-state index contributed by atoms with van der Waals surface area (Å²) in [5.74, 6) is -0.130. The molecule has 0 bridgehead atoms. The van der Waals surface area contributed by atoms with Crippen LogP contribution in [0.25, 0.3) is 10.9 Å². The number of piperidine rings is 2. The molecule has 1 aromatic heterocycles. The highest BCUT2D eigenvalue weighted by Crippen LogP contribution is 2.31. The number of nitrogens with zero attached hydrogens (tertiary/aromatic N) is 3. The molecule has 1 unspecified atom stereocenters. The molecule has 2 saturated heterocycles. The van der Waals surface area contributed by atoms with Crippen molar-refractivity contribution in [2.75, 3.05) is 13.1 Å². The predicted octanol–water partition coefficient (Wildman–Crippen LogP) is 1.35. The number of fused-ring (bicyclic) bond motifs is 1. The molecule has 0 spiro atoms. The Morgan fingerprint density at radius 2 is 2.00 bits per heavy atom. The third-order valence-electron chi connectivity index (χ3n) is 5.15. The van der Waals surface area contributed by atoms with Crippen LogP contribution < -0.4 is 10.6 Å². The van der Waals surface area contributed by atoms with Crippen LogP contribution in [0, 0.1) is 11.3 Å². The Labute approximate surface area is 145 Å². The van der Waals surface area contributed by atoms with Gasteiger partial charge >= 0.3 is 0 Å². The van der Waals surface area contributed by atoms with Crippen LogP contribution in [0.15, 0.2) is 18.2 Å².